The van der Waals surface area contributed by atoms with Crippen molar-refractivity contribution in [3.63, 3.8) is 0 Å². The number of aliphatic hydroxyl groups is 2. The molecule has 0 heterocycles. The molecular formula is C13H22O2. The van der Waals surface area contributed by atoms with Crippen LogP contribution in [0.15, 0.2) is 23.8 Å². The summed E-state index contributed by atoms with van der Waals surface area (Å²) in [7, 11) is 0. The van der Waals surface area contributed by atoms with Gasteiger partial charge >= 0.3 is 0 Å². The molecule has 1 aliphatic rings. The molecule has 0 unspecified atom stereocenters. The summed E-state index contributed by atoms with van der Waals surface area (Å²) in [6.45, 7) is 11.5. The van der Waals surface area contributed by atoms with Crippen LogP contribution in [0.5, 0.6) is 0 Å². The van der Waals surface area contributed by atoms with E-state index in [1.165, 1.54) is 5.57 Å². The van der Waals surface area contributed by atoms with Gasteiger partial charge in [-0.25, -0.2) is 0 Å². The Morgan fingerprint density at radius 2 is 2.00 bits per heavy atom. The van der Waals surface area contributed by atoms with Gasteiger partial charge in [0.25, 0.3) is 0 Å². The first kappa shape index (κ1) is 12.5. The summed E-state index contributed by atoms with van der Waals surface area (Å²) in [5, 5.41) is 20.3. The summed E-state index contributed by atoms with van der Waals surface area (Å²) in [5.74, 6) is 0. The van der Waals surface area contributed by atoms with Gasteiger partial charge in [-0.2, -0.15) is 0 Å². The van der Waals surface area contributed by atoms with Gasteiger partial charge in [0.2, 0.25) is 0 Å². The Morgan fingerprint density at radius 3 is 2.40 bits per heavy atom. The molecular weight excluding hydrogens is 188 g/mol. The SMILES string of the molecule is C=CC1=C(C)CC[C@@](O)([C@@H](C)O)C1(C)C. The minimum absolute atomic E-state index is 0.439. The van der Waals surface area contributed by atoms with Crippen LogP contribution in [0.3, 0.4) is 0 Å². The van der Waals surface area contributed by atoms with Crippen LogP contribution in [0.2, 0.25) is 0 Å². The van der Waals surface area contributed by atoms with E-state index >= 15 is 0 Å². The van der Waals surface area contributed by atoms with Crippen molar-refractivity contribution in [1.29, 1.82) is 0 Å². The summed E-state index contributed by atoms with van der Waals surface area (Å²) >= 11 is 0. The van der Waals surface area contributed by atoms with E-state index in [1.54, 1.807) is 6.92 Å². The zero-order valence-corrected chi connectivity index (χ0v) is 10.2. The van der Waals surface area contributed by atoms with Gasteiger partial charge in [-0.15, -0.1) is 0 Å². The summed E-state index contributed by atoms with van der Waals surface area (Å²) < 4.78 is 0. The first-order valence-corrected chi connectivity index (χ1v) is 5.50. The second kappa shape index (κ2) is 3.76. The van der Waals surface area contributed by atoms with E-state index in [0.717, 1.165) is 12.0 Å². The predicted octanol–water partition coefficient (Wildman–Crippen LogP) is 2.42. The Morgan fingerprint density at radius 1 is 1.47 bits per heavy atom. The van der Waals surface area contributed by atoms with Crippen LogP contribution in [0, 0.1) is 5.41 Å². The fourth-order valence-electron chi connectivity index (χ4n) is 2.75. The third-order valence-corrected chi connectivity index (χ3v) is 3.99. The van der Waals surface area contributed by atoms with Gasteiger partial charge in [-0.1, -0.05) is 32.1 Å². The smallest absolute Gasteiger partial charge is 0.0996 e. The molecule has 15 heavy (non-hydrogen) atoms. The minimum Gasteiger partial charge on any atom is -0.390 e. The van der Waals surface area contributed by atoms with Crippen LogP contribution >= 0.6 is 0 Å². The van der Waals surface area contributed by atoms with Crippen molar-refractivity contribution in [2.24, 2.45) is 5.41 Å². The van der Waals surface area contributed by atoms with E-state index < -0.39 is 17.1 Å². The van der Waals surface area contributed by atoms with E-state index in [1.807, 2.05) is 19.9 Å². The third-order valence-electron chi connectivity index (χ3n) is 3.99. The molecule has 86 valence electrons. The van der Waals surface area contributed by atoms with Crippen LogP contribution in [-0.4, -0.2) is 21.9 Å². The van der Waals surface area contributed by atoms with Crippen molar-refractivity contribution in [2.75, 3.05) is 0 Å². The van der Waals surface area contributed by atoms with Crippen molar-refractivity contribution in [1.82, 2.24) is 0 Å². The van der Waals surface area contributed by atoms with E-state index in [9.17, 15) is 10.2 Å². The molecule has 0 amide bonds. The maximum atomic E-state index is 10.6. The highest BCUT2D eigenvalue weighted by Gasteiger charge is 2.50. The normalized spacial score (nSPS) is 32.7. The molecule has 0 aromatic rings. The molecule has 0 saturated heterocycles. The largest absolute Gasteiger partial charge is 0.390 e. The highest BCUT2D eigenvalue weighted by Crippen LogP contribution is 2.49. The molecule has 0 bridgehead atoms. The summed E-state index contributed by atoms with van der Waals surface area (Å²) in [6.07, 6.45) is 2.52. The van der Waals surface area contributed by atoms with E-state index in [4.69, 9.17) is 0 Å². The Labute approximate surface area is 92.3 Å². The first-order valence-electron chi connectivity index (χ1n) is 5.50. The lowest BCUT2D eigenvalue weighted by Gasteiger charge is -2.49. The summed E-state index contributed by atoms with van der Waals surface area (Å²) in [5.41, 5.74) is 0.846. The number of hydrogen-bond donors (Lipinski definition) is 2. The molecule has 0 aromatic carbocycles. The maximum Gasteiger partial charge on any atom is 0.0996 e. The van der Waals surface area contributed by atoms with Crippen molar-refractivity contribution in [2.45, 2.75) is 52.2 Å². The van der Waals surface area contributed by atoms with Gasteiger partial charge in [0.15, 0.2) is 0 Å². The van der Waals surface area contributed by atoms with Crippen molar-refractivity contribution < 1.29 is 10.2 Å². The Bertz CT molecular complexity index is 300. The molecule has 0 spiro atoms. The lowest BCUT2D eigenvalue weighted by molar-refractivity contribution is -0.136. The first-order chi connectivity index (χ1) is 6.77. The van der Waals surface area contributed by atoms with Gasteiger partial charge in [0, 0.05) is 5.41 Å². The highest BCUT2D eigenvalue weighted by atomic mass is 16.3. The molecule has 2 nitrogen and oxygen atoms in total. The molecule has 0 fully saturated rings. The molecule has 0 aromatic heterocycles. The molecule has 1 aliphatic carbocycles. The number of rotatable bonds is 2. The second-order valence-electron chi connectivity index (χ2n) is 5.12. The van der Waals surface area contributed by atoms with Crippen molar-refractivity contribution in [3.05, 3.63) is 23.8 Å². The zero-order valence-electron chi connectivity index (χ0n) is 10.2. The molecule has 2 atom stereocenters. The average Bonchev–Trinajstić information content (AvgIpc) is 2.12. The number of aliphatic hydroxyl groups excluding tert-OH is 1. The molecule has 1 rings (SSSR count). The van der Waals surface area contributed by atoms with Crippen LogP contribution in [0.25, 0.3) is 0 Å². The van der Waals surface area contributed by atoms with Gasteiger partial charge in [-0.05, 0) is 32.3 Å². The van der Waals surface area contributed by atoms with Gasteiger partial charge < -0.3 is 10.2 Å². The van der Waals surface area contributed by atoms with E-state index in [2.05, 4.69) is 13.5 Å². The Kier molecular flexibility index (Phi) is 3.13. The predicted molar refractivity (Wildman–Crippen MR) is 62.5 cm³/mol. The maximum absolute atomic E-state index is 10.6. The number of hydrogen-bond acceptors (Lipinski definition) is 2. The molecule has 0 aliphatic heterocycles. The fraction of sp³-hybridized carbons (Fsp3) is 0.692. The van der Waals surface area contributed by atoms with Gasteiger partial charge in [0.05, 0.1) is 11.7 Å². The average molecular weight is 210 g/mol. The zero-order chi connectivity index (χ0) is 11.9. The van der Waals surface area contributed by atoms with Crippen LogP contribution in [0.1, 0.15) is 40.5 Å². The quantitative estimate of drug-likeness (QED) is 0.735. The van der Waals surface area contributed by atoms with Gasteiger partial charge in [-0.3, -0.25) is 0 Å². The molecule has 0 saturated carbocycles. The minimum atomic E-state index is -1.05. The second-order valence-corrected chi connectivity index (χ2v) is 5.12. The van der Waals surface area contributed by atoms with Crippen LogP contribution in [-0.2, 0) is 0 Å². The van der Waals surface area contributed by atoms with E-state index in [0.29, 0.717) is 6.42 Å². The lowest BCUT2D eigenvalue weighted by Crippen LogP contribution is -2.55. The standard InChI is InChI=1S/C13H22O2/c1-6-11-9(2)7-8-13(15,10(3)14)12(11,4)5/h6,10,14-15H,1,7-8H2,2-5H3/t10-,13-/m1/s1. The Balaban J connectivity index is 3.27. The fourth-order valence-corrected chi connectivity index (χ4v) is 2.75. The molecule has 0 radical (unpaired) electrons. The van der Waals surface area contributed by atoms with Crippen LogP contribution < -0.4 is 0 Å². The van der Waals surface area contributed by atoms with Crippen molar-refractivity contribution >= 4 is 0 Å². The topological polar surface area (TPSA) is 40.5 Å². The lowest BCUT2D eigenvalue weighted by atomic mass is 9.60. The number of allylic oxidation sites excluding steroid dienone is 2. The van der Waals surface area contributed by atoms with Crippen LogP contribution in [0.4, 0.5) is 0 Å². The molecule has 2 N–H and O–H groups in total. The highest BCUT2D eigenvalue weighted by molar-refractivity contribution is 5.36. The van der Waals surface area contributed by atoms with E-state index in [-0.39, 0.29) is 0 Å². The summed E-state index contributed by atoms with van der Waals surface area (Å²) in [6, 6.07) is 0. The third kappa shape index (κ3) is 1.66. The molecule has 2 heteroatoms. The Hall–Kier alpha value is -0.600. The van der Waals surface area contributed by atoms with Gasteiger partial charge in [0.1, 0.15) is 0 Å². The van der Waals surface area contributed by atoms with Crippen molar-refractivity contribution in [3.8, 4) is 0 Å². The summed E-state index contributed by atoms with van der Waals surface area (Å²) in [4.78, 5) is 0. The monoisotopic (exact) mass is 210 g/mol.